The number of esters is 1. The van der Waals surface area contributed by atoms with Crippen LogP contribution in [0.1, 0.15) is 41.5 Å². The minimum atomic E-state index is -1.07. The smallest absolute Gasteiger partial charge is 0.419 e. The van der Waals surface area contributed by atoms with Gasteiger partial charge in [-0.25, -0.2) is 23.9 Å². The number of rotatable bonds is 11. The summed E-state index contributed by atoms with van der Waals surface area (Å²) in [5, 5.41) is 5.09. The zero-order chi connectivity index (χ0) is 26.6. The van der Waals surface area contributed by atoms with E-state index in [-0.39, 0.29) is 19.0 Å². The quantitative estimate of drug-likeness (QED) is 0.254. The summed E-state index contributed by atoms with van der Waals surface area (Å²) in [6, 6.07) is -2.11. The van der Waals surface area contributed by atoms with Crippen LogP contribution in [0.15, 0.2) is 18.7 Å². The monoisotopic (exact) mass is 516 g/mol. The Morgan fingerprint density at radius 1 is 1.03 bits per heavy atom. The molecule has 0 aromatic carbocycles. The lowest BCUT2D eigenvalue weighted by Gasteiger charge is -2.26. The number of hydrogen-bond donors (Lipinski definition) is 2. The molecule has 2 N–H and O–H groups in total. The molecule has 35 heavy (non-hydrogen) atoms. The molecule has 0 saturated carbocycles. The number of imidazole rings is 1. The van der Waals surface area contributed by atoms with E-state index in [0.717, 1.165) is 0 Å². The summed E-state index contributed by atoms with van der Waals surface area (Å²) in [5.41, 5.74) is -1.32. The summed E-state index contributed by atoms with van der Waals surface area (Å²) >= 11 is 1.27. The summed E-state index contributed by atoms with van der Waals surface area (Å²) in [7, 11) is 1.20. The first-order valence-electron chi connectivity index (χ1n) is 11.0. The summed E-state index contributed by atoms with van der Waals surface area (Å²) in [6.07, 6.45) is 2.87. The van der Waals surface area contributed by atoms with Gasteiger partial charge in [0.2, 0.25) is 5.91 Å². The van der Waals surface area contributed by atoms with Gasteiger partial charge in [-0.05, 0) is 41.5 Å². The molecule has 198 valence electrons. The fourth-order valence-electron chi connectivity index (χ4n) is 2.38. The first-order chi connectivity index (χ1) is 16.2. The number of methoxy groups -OCH3 is 1. The highest BCUT2D eigenvalue weighted by atomic mass is 32.2. The summed E-state index contributed by atoms with van der Waals surface area (Å²) in [5.74, 6) is -0.820. The van der Waals surface area contributed by atoms with Crippen molar-refractivity contribution in [2.75, 3.05) is 31.8 Å². The fraction of sp³-hybridized carbons (Fsp3) is 0.682. The number of ether oxygens (including phenoxy) is 4. The van der Waals surface area contributed by atoms with Crippen LogP contribution in [0.25, 0.3) is 0 Å². The van der Waals surface area contributed by atoms with Crippen LogP contribution in [0, 0.1) is 0 Å². The number of alkyl carbamates (subject to hydrolysis) is 1. The number of nitrogens with zero attached hydrogens (tertiary/aromatic N) is 2. The Bertz CT molecular complexity index is 833. The highest BCUT2D eigenvalue weighted by Gasteiger charge is 2.30. The average molecular weight is 517 g/mol. The van der Waals surface area contributed by atoms with Gasteiger partial charge in [0.15, 0.2) is 6.04 Å². The van der Waals surface area contributed by atoms with Crippen molar-refractivity contribution in [1.82, 2.24) is 20.2 Å². The van der Waals surface area contributed by atoms with Crippen molar-refractivity contribution in [2.45, 2.75) is 64.8 Å². The molecule has 1 aromatic heterocycles. The number of carbonyl (C=O) groups is 4. The molecule has 1 aromatic rings. The molecule has 0 radical (unpaired) electrons. The normalized spacial score (nSPS) is 13.3. The fourth-order valence-corrected chi connectivity index (χ4v) is 3.22. The molecular formula is C22H36N4O8S. The summed E-state index contributed by atoms with van der Waals surface area (Å²) < 4.78 is 22.0. The molecule has 0 bridgehead atoms. The number of nitrogens with one attached hydrogen (secondary N) is 2. The van der Waals surface area contributed by atoms with Crippen LogP contribution >= 0.6 is 11.8 Å². The van der Waals surface area contributed by atoms with Crippen LogP contribution in [0.3, 0.4) is 0 Å². The van der Waals surface area contributed by atoms with E-state index < -0.39 is 47.3 Å². The topological polar surface area (TPSA) is 147 Å². The molecule has 12 nitrogen and oxygen atoms in total. The second kappa shape index (κ2) is 13.9. The summed E-state index contributed by atoms with van der Waals surface area (Å²) in [6.45, 7) is 10.5. The van der Waals surface area contributed by atoms with Gasteiger partial charge in [0.25, 0.3) is 0 Å². The molecule has 0 fully saturated rings. The molecule has 0 aliphatic heterocycles. The zero-order valence-electron chi connectivity index (χ0n) is 21.3. The molecule has 0 unspecified atom stereocenters. The Morgan fingerprint density at radius 3 is 2.26 bits per heavy atom. The van der Waals surface area contributed by atoms with Crippen molar-refractivity contribution in [2.24, 2.45) is 0 Å². The predicted molar refractivity (Wildman–Crippen MR) is 129 cm³/mol. The van der Waals surface area contributed by atoms with E-state index in [1.165, 1.54) is 42.2 Å². The van der Waals surface area contributed by atoms with Crippen molar-refractivity contribution in [3.63, 3.8) is 0 Å². The highest BCUT2D eigenvalue weighted by molar-refractivity contribution is 7.99. The molecule has 13 heteroatoms. The van der Waals surface area contributed by atoms with Crippen LogP contribution in [-0.2, 0) is 28.5 Å². The van der Waals surface area contributed by atoms with Gasteiger partial charge in [-0.15, -0.1) is 0 Å². The van der Waals surface area contributed by atoms with Crippen molar-refractivity contribution >= 4 is 35.8 Å². The van der Waals surface area contributed by atoms with Crippen molar-refractivity contribution in [3.05, 3.63) is 18.7 Å². The van der Waals surface area contributed by atoms with Crippen molar-refractivity contribution < 1.29 is 38.1 Å². The maximum Gasteiger partial charge on any atom is 0.419 e. The molecule has 2 amide bonds. The Morgan fingerprint density at radius 2 is 1.71 bits per heavy atom. The third-order valence-electron chi connectivity index (χ3n) is 3.95. The first kappa shape index (κ1) is 30.2. The highest BCUT2D eigenvalue weighted by Crippen LogP contribution is 2.11. The lowest BCUT2D eigenvalue weighted by atomic mass is 10.2. The van der Waals surface area contributed by atoms with Gasteiger partial charge in [-0.3, -0.25) is 4.79 Å². The Labute approximate surface area is 209 Å². The van der Waals surface area contributed by atoms with E-state index in [0.29, 0.717) is 5.75 Å². The predicted octanol–water partition coefficient (Wildman–Crippen LogP) is 1.97. The molecule has 1 rings (SSSR count). The van der Waals surface area contributed by atoms with Crippen LogP contribution in [-0.4, -0.2) is 88.7 Å². The number of carbonyl (C=O) groups excluding carboxylic acids is 4. The minimum absolute atomic E-state index is 0.0761. The lowest BCUT2D eigenvalue weighted by molar-refractivity contribution is -0.148. The third-order valence-corrected chi connectivity index (χ3v) is 4.97. The van der Waals surface area contributed by atoms with Crippen LogP contribution in [0.5, 0.6) is 0 Å². The van der Waals surface area contributed by atoms with E-state index in [4.69, 9.17) is 18.9 Å². The number of aromatic nitrogens is 2. The summed E-state index contributed by atoms with van der Waals surface area (Å²) in [4.78, 5) is 53.0. The minimum Gasteiger partial charge on any atom is -0.467 e. The van der Waals surface area contributed by atoms with Gasteiger partial charge in [0.1, 0.15) is 24.6 Å². The van der Waals surface area contributed by atoms with Crippen LogP contribution < -0.4 is 10.6 Å². The van der Waals surface area contributed by atoms with Gasteiger partial charge in [-0.2, -0.15) is 11.8 Å². The van der Waals surface area contributed by atoms with Gasteiger partial charge in [0.05, 0.1) is 19.3 Å². The third kappa shape index (κ3) is 13.0. The van der Waals surface area contributed by atoms with Crippen LogP contribution in [0.4, 0.5) is 9.59 Å². The molecule has 2 atom stereocenters. The van der Waals surface area contributed by atoms with Crippen LogP contribution in [0.2, 0.25) is 0 Å². The average Bonchev–Trinajstić information content (AvgIpc) is 3.27. The first-order valence-corrected chi connectivity index (χ1v) is 12.1. The largest absolute Gasteiger partial charge is 0.467 e. The van der Waals surface area contributed by atoms with E-state index >= 15 is 0 Å². The van der Waals surface area contributed by atoms with Gasteiger partial charge < -0.3 is 29.6 Å². The molecule has 0 aliphatic carbocycles. The van der Waals surface area contributed by atoms with Gasteiger partial charge in [-0.1, -0.05) is 0 Å². The Kier molecular flexibility index (Phi) is 12.0. The van der Waals surface area contributed by atoms with E-state index in [1.807, 2.05) is 20.8 Å². The number of thioether (sulfide) groups is 1. The molecule has 1 heterocycles. The molecular weight excluding hydrogens is 480 g/mol. The Balaban J connectivity index is 2.75. The Hall–Kier alpha value is -2.80. The standard InChI is InChI=1S/C22H36N4O8S/c1-21(2,3)33-12-15(18(28)31-7)24-17(27)16(25-19(29)34-22(4,5)6)13-35-11-10-32-20(30)26-9-8-23-14-26/h8-9,14-16H,10-13H2,1-7H3,(H,24,27)(H,25,29)/t15-,16-/m0/s1. The van der Waals surface area contributed by atoms with E-state index in [1.54, 1.807) is 20.8 Å². The molecule has 0 aliphatic rings. The van der Waals surface area contributed by atoms with Crippen molar-refractivity contribution in [1.29, 1.82) is 0 Å². The SMILES string of the molecule is COC(=O)[C@H](COC(C)(C)C)NC(=O)[C@H](CSCCOC(=O)n1ccnc1)NC(=O)OC(C)(C)C. The number of amides is 2. The molecule has 0 spiro atoms. The van der Waals surface area contributed by atoms with E-state index in [9.17, 15) is 19.2 Å². The zero-order valence-corrected chi connectivity index (χ0v) is 22.1. The van der Waals surface area contributed by atoms with Gasteiger partial charge in [0, 0.05) is 23.9 Å². The maximum absolute atomic E-state index is 13.0. The second-order valence-corrected chi connectivity index (χ2v) is 10.5. The van der Waals surface area contributed by atoms with Crippen molar-refractivity contribution in [3.8, 4) is 0 Å². The lowest BCUT2D eigenvalue weighted by Crippen LogP contribution is -2.55. The second-order valence-electron chi connectivity index (χ2n) is 9.37. The van der Waals surface area contributed by atoms with E-state index in [2.05, 4.69) is 15.6 Å². The molecule has 0 saturated heterocycles. The number of hydrogen-bond acceptors (Lipinski definition) is 10. The van der Waals surface area contributed by atoms with Gasteiger partial charge >= 0.3 is 18.2 Å². The maximum atomic E-state index is 13.0.